The number of hydrogen-bond donors (Lipinski definition) is 1. The molecule has 174 valence electrons. The van der Waals surface area contributed by atoms with Crippen LogP contribution in [0.1, 0.15) is 49.8 Å². The first-order valence-electron chi connectivity index (χ1n) is 11.7. The highest BCUT2D eigenvalue weighted by molar-refractivity contribution is 6.05. The molecule has 0 spiro atoms. The topological polar surface area (TPSA) is 74.6 Å². The first kappa shape index (κ1) is 22.7. The van der Waals surface area contributed by atoms with Crippen molar-refractivity contribution < 1.29 is 19.0 Å². The molecule has 2 heterocycles. The van der Waals surface area contributed by atoms with Crippen molar-refractivity contribution in [3.8, 4) is 28.5 Å². The fraction of sp³-hybridized carbons (Fsp3) is 0.385. The maximum absolute atomic E-state index is 13.0. The van der Waals surface area contributed by atoms with E-state index in [0.29, 0.717) is 48.3 Å². The van der Waals surface area contributed by atoms with E-state index in [9.17, 15) is 4.79 Å². The predicted octanol–water partition coefficient (Wildman–Crippen LogP) is 5.33. The van der Waals surface area contributed by atoms with Gasteiger partial charge in [-0.3, -0.25) is 4.79 Å². The van der Waals surface area contributed by atoms with Gasteiger partial charge < -0.3 is 24.1 Å². The average molecular weight is 450 g/mol. The summed E-state index contributed by atoms with van der Waals surface area (Å²) in [6, 6.07) is 11.1. The van der Waals surface area contributed by atoms with Crippen molar-refractivity contribution in [1.29, 1.82) is 0 Å². The number of fused-ring (bicyclic) bond motifs is 1. The fourth-order valence-corrected chi connectivity index (χ4v) is 4.00. The van der Waals surface area contributed by atoms with Crippen LogP contribution in [0, 0.1) is 0 Å². The Hall–Kier alpha value is -3.48. The van der Waals surface area contributed by atoms with Crippen LogP contribution in [0.5, 0.6) is 17.2 Å². The minimum Gasteiger partial charge on any atom is -0.490 e. The van der Waals surface area contributed by atoms with Gasteiger partial charge in [-0.05, 0) is 57.9 Å². The van der Waals surface area contributed by atoms with E-state index in [1.807, 2.05) is 45.0 Å². The zero-order chi connectivity index (χ0) is 23.2. The van der Waals surface area contributed by atoms with Crippen LogP contribution < -0.4 is 19.5 Å². The number of imidazole rings is 1. The third kappa shape index (κ3) is 5.13. The zero-order valence-electron chi connectivity index (χ0n) is 19.5. The fourth-order valence-electron chi connectivity index (χ4n) is 4.00. The lowest BCUT2D eigenvalue weighted by molar-refractivity contribution is 0.102. The van der Waals surface area contributed by atoms with Crippen LogP contribution in [-0.2, 0) is 13.0 Å². The molecule has 0 saturated heterocycles. The van der Waals surface area contributed by atoms with Crippen molar-refractivity contribution in [2.75, 3.05) is 25.1 Å². The quantitative estimate of drug-likeness (QED) is 0.478. The van der Waals surface area contributed by atoms with Crippen LogP contribution in [-0.4, -0.2) is 35.3 Å². The second-order valence-electron chi connectivity index (χ2n) is 7.83. The smallest absolute Gasteiger partial charge is 0.255 e. The molecule has 33 heavy (non-hydrogen) atoms. The van der Waals surface area contributed by atoms with E-state index in [0.717, 1.165) is 30.0 Å². The molecule has 1 N–H and O–H groups in total. The minimum atomic E-state index is -0.245. The summed E-state index contributed by atoms with van der Waals surface area (Å²) in [7, 11) is 0. The number of nitrogens with zero attached hydrogens (tertiary/aromatic N) is 2. The van der Waals surface area contributed by atoms with Gasteiger partial charge in [-0.15, -0.1) is 0 Å². The van der Waals surface area contributed by atoms with E-state index in [2.05, 4.69) is 16.1 Å². The van der Waals surface area contributed by atoms with Gasteiger partial charge in [0, 0.05) is 36.0 Å². The van der Waals surface area contributed by atoms with E-state index in [-0.39, 0.29) is 5.91 Å². The summed E-state index contributed by atoms with van der Waals surface area (Å²) in [5.74, 6) is 2.42. The third-order valence-corrected chi connectivity index (χ3v) is 5.52. The molecule has 0 bridgehead atoms. The molecule has 0 atom stereocenters. The summed E-state index contributed by atoms with van der Waals surface area (Å²) < 4.78 is 19.4. The molecule has 0 unspecified atom stereocenters. The van der Waals surface area contributed by atoms with Gasteiger partial charge in [-0.2, -0.15) is 0 Å². The number of hydrogen-bond acceptors (Lipinski definition) is 5. The molecule has 0 saturated carbocycles. The van der Waals surface area contributed by atoms with Gasteiger partial charge in [-0.25, -0.2) is 4.98 Å². The summed E-state index contributed by atoms with van der Waals surface area (Å²) in [6.07, 6.45) is 5.55. The van der Waals surface area contributed by atoms with E-state index >= 15 is 0 Å². The Balaban J connectivity index is 1.53. The van der Waals surface area contributed by atoms with Crippen molar-refractivity contribution in [3.05, 3.63) is 54.0 Å². The van der Waals surface area contributed by atoms with Crippen molar-refractivity contribution in [2.45, 2.75) is 46.6 Å². The van der Waals surface area contributed by atoms with Crippen LogP contribution in [0.3, 0.4) is 0 Å². The average Bonchev–Trinajstić information content (AvgIpc) is 3.26. The SMILES string of the molecule is CCOc1cc(C(=O)Nc2ccc(-c3cn4c(n3)CCCC4)cc2)cc(OCC)c1OCC. The predicted molar refractivity (Wildman–Crippen MR) is 129 cm³/mol. The van der Waals surface area contributed by atoms with Gasteiger partial charge >= 0.3 is 0 Å². The first-order valence-corrected chi connectivity index (χ1v) is 11.7. The van der Waals surface area contributed by atoms with Crippen LogP contribution in [0.15, 0.2) is 42.6 Å². The molecule has 1 amide bonds. The number of anilines is 1. The second-order valence-corrected chi connectivity index (χ2v) is 7.83. The van der Waals surface area contributed by atoms with Gasteiger partial charge in [0.2, 0.25) is 5.75 Å². The van der Waals surface area contributed by atoms with Gasteiger partial charge in [0.15, 0.2) is 11.5 Å². The van der Waals surface area contributed by atoms with Crippen LogP contribution >= 0.6 is 0 Å². The molecule has 7 nitrogen and oxygen atoms in total. The number of aromatic nitrogens is 2. The number of carbonyl (C=O) groups excluding carboxylic acids is 1. The number of nitrogens with one attached hydrogen (secondary N) is 1. The number of carbonyl (C=O) groups is 1. The lowest BCUT2D eigenvalue weighted by Gasteiger charge is -2.17. The highest BCUT2D eigenvalue weighted by Crippen LogP contribution is 2.39. The summed E-state index contributed by atoms with van der Waals surface area (Å²) in [6.45, 7) is 8.09. The Labute approximate surface area is 194 Å². The molecule has 1 aliphatic rings. The summed E-state index contributed by atoms with van der Waals surface area (Å²) in [5, 5.41) is 2.96. The van der Waals surface area contributed by atoms with Crippen molar-refractivity contribution in [3.63, 3.8) is 0 Å². The number of amides is 1. The molecule has 1 aromatic heterocycles. The highest BCUT2D eigenvalue weighted by Gasteiger charge is 2.19. The van der Waals surface area contributed by atoms with E-state index in [1.165, 1.54) is 12.8 Å². The van der Waals surface area contributed by atoms with Gasteiger partial charge in [0.05, 0.1) is 25.5 Å². The maximum atomic E-state index is 13.0. The maximum Gasteiger partial charge on any atom is 0.255 e. The normalized spacial score (nSPS) is 12.7. The largest absolute Gasteiger partial charge is 0.490 e. The van der Waals surface area contributed by atoms with Crippen LogP contribution in [0.2, 0.25) is 0 Å². The number of rotatable bonds is 9. The highest BCUT2D eigenvalue weighted by atomic mass is 16.5. The van der Waals surface area contributed by atoms with E-state index in [4.69, 9.17) is 19.2 Å². The van der Waals surface area contributed by atoms with Crippen LogP contribution in [0.25, 0.3) is 11.3 Å². The Morgan fingerprint density at radius 1 is 0.970 bits per heavy atom. The van der Waals surface area contributed by atoms with E-state index < -0.39 is 0 Å². The molecule has 3 aromatic rings. The second kappa shape index (κ2) is 10.4. The lowest BCUT2D eigenvalue weighted by Crippen LogP contribution is -2.13. The molecule has 4 rings (SSSR count). The van der Waals surface area contributed by atoms with Crippen molar-refractivity contribution in [2.24, 2.45) is 0 Å². The molecule has 7 heteroatoms. The summed E-state index contributed by atoms with van der Waals surface area (Å²) >= 11 is 0. The Morgan fingerprint density at radius 3 is 2.24 bits per heavy atom. The molecule has 0 radical (unpaired) electrons. The summed E-state index contributed by atoms with van der Waals surface area (Å²) in [4.78, 5) is 17.8. The van der Waals surface area contributed by atoms with Crippen LogP contribution in [0.4, 0.5) is 5.69 Å². The summed E-state index contributed by atoms with van der Waals surface area (Å²) in [5.41, 5.74) is 3.15. The molecule has 2 aromatic carbocycles. The van der Waals surface area contributed by atoms with Crippen molar-refractivity contribution >= 4 is 11.6 Å². The third-order valence-electron chi connectivity index (χ3n) is 5.52. The Morgan fingerprint density at radius 2 is 1.64 bits per heavy atom. The Kier molecular flexibility index (Phi) is 7.17. The molecule has 1 aliphatic heterocycles. The Bertz CT molecular complexity index is 1050. The van der Waals surface area contributed by atoms with Gasteiger partial charge in [0.25, 0.3) is 5.91 Å². The molecule has 0 aliphatic carbocycles. The minimum absolute atomic E-state index is 0.245. The number of ether oxygens (including phenoxy) is 3. The molecular weight excluding hydrogens is 418 g/mol. The van der Waals surface area contributed by atoms with Gasteiger partial charge in [-0.1, -0.05) is 12.1 Å². The zero-order valence-corrected chi connectivity index (χ0v) is 19.5. The monoisotopic (exact) mass is 449 g/mol. The molecule has 0 fully saturated rings. The standard InChI is InChI=1S/C26H31N3O4/c1-4-31-22-15-19(16-23(32-5-2)25(22)33-6-3)26(30)27-20-12-10-18(11-13-20)21-17-29-14-8-7-9-24(29)28-21/h10-13,15-17H,4-9,14H2,1-3H3,(H,27,30). The lowest BCUT2D eigenvalue weighted by atomic mass is 10.1. The van der Waals surface area contributed by atoms with Crippen molar-refractivity contribution in [1.82, 2.24) is 9.55 Å². The number of aryl methyl sites for hydroxylation is 2. The molecular formula is C26H31N3O4. The van der Waals surface area contributed by atoms with Gasteiger partial charge in [0.1, 0.15) is 5.82 Å². The van der Waals surface area contributed by atoms with E-state index in [1.54, 1.807) is 12.1 Å². The number of benzene rings is 2. The first-order chi connectivity index (χ1) is 16.1.